The summed E-state index contributed by atoms with van der Waals surface area (Å²) >= 11 is 1.38. The number of carbonyl (C=O) groups excluding carboxylic acids is 2. The fourth-order valence-electron chi connectivity index (χ4n) is 3.34. The zero-order valence-electron chi connectivity index (χ0n) is 16.1. The zero-order chi connectivity index (χ0) is 20.7. The molecule has 4 aromatic rings. The fourth-order valence-corrected chi connectivity index (χ4v) is 3.95. The standard InChI is InChI=1S/C20H19N5O3S/c1-24-10-12(18(21)26)17(28-3)16(24)19-23-13-9-11(6-7-14(13)25(19)2)22-20(27)15-5-4-8-29-15/h4-10H,1-3H3,(H2,21,26)(H,22,27). The quantitative estimate of drug-likeness (QED) is 0.529. The average Bonchev–Trinajstić information content (AvgIpc) is 3.39. The van der Waals surface area contributed by atoms with Gasteiger partial charge in [-0.1, -0.05) is 6.07 Å². The second kappa shape index (κ2) is 7.10. The van der Waals surface area contributed by atoms with Crippen molar-refractivity contribution in [1.82, 2.24) is 14.1 Å². The van der Waals surface area contributed by atoms with Crippen LogP contribution in [0.2, 0.25) is 0 Å². The average molecular weight is 409 g/mol. The number of ether oxygens (including phenoxy) is 1. The Morgan fingerprint density at radius 3 is 2.69 bits per heavy atom. The molecule has 0 bridgehead atoms. The maximum Gasteiger partial charge on any atom is 0.265 e. The van der Waals surface area contributed by atoms with E-state index >= 15 is 0 Å². The van der Waals surface area contributed by atoms with Crippen LogP contribution >= 0.6 is 11.3 Å². The van der Waals surface area contributed by atoms with Crippen molar-refractivity contribution in [3.63, 3.8) is 0 Å². The molecule has 0 spiro atoms. The highest BCUT2D eigenvalue weighted by Gasteiger charge is 2.24. The van der Waals surface area contributed by atoms with Gasteiger partial charge >= 0.3 is 0 Å². The van der Waals surface area contributed by atoms with E-state index in [0.29, 0.717) is 38.9 Å². The normalized spacial score (nSPS) is 11.0. The summed E-state index contributed by atoms with van der Waals surface area (Å²) in [7, 11) is 5.17. The molecule has 0 aliphatic carbocycles. The molecule has 0 aliphatic heterocycles. The Bertz CT molecular complexity index is 1240. The fraction of sp³-hybridized carbons (Fsp3) is 0.150. The highest BCUT2D eigenvalue weighted by atomic mass is 32.1. The van der Waals surface area contributed by atoms with Crippen LogP contribution in [-0.2, 0) is 14.1 Å². The van der Waals surface area contributed by atoms with Crippen molar-refractivity contribution in [2.24, 2.45) is 19.8 Å². The van der Waals surface area contributed by atoms with E-state index < -0.39 is 5.91 Å². The van der Waals surface area contributed by atoms with Gasteiger partial charge in [-0.05, 0) is 29.6 Å². The molecule has 0 fully saturated rings. The minimum atomic E-state index is -0.568. The lowest BCUT2D eigenvalue weighted by Gasteiger charge is -2.07. The molecule has 0 aliphatic rings. The predicted octanol–water partition coefficient (Wildman–Crippen LogP) is 3.00. The molecule has 0 unspecified atom stereocenters. The Morgan fingerprint density at radius 1 is 1.24 bits per heavy atom. The summed E-state index contributed by atoms with van der Waals surface area (Å²) in [4.78, 5) is 29.4. The zero-order valence-corrected chi connectivity index (χ0v) is 16.9. The second-order valence-corrected chi connectivity index (χ2v) is 7.48. The van der Waals surface area contributed by atoms with Crippen LogP contribution in [0.4, 0.5) is 5.69 Å². The number of thiophene rings is 1. The first-order chi connectivity index (χ1) is 13.9. The summed E-state index contributed by atoms with van der Waals surface area (Å²) < 4.78 is 9.12. The number of fused-ring (bicyclic) bond motifs is 1. The third-order valence-corrected chi connectivity index (χ3v) is 5.57. The Morgan fingerprint density at radius 2 is 2.03 bits per heavy atom. The highest BCUT2D eigenvalue weighted by molar-refractivity contribution is 7.12. The predicted molar refractivity (Wildman–Crippen MR) is 112 cm³/mol. The van der Waals surface area contributed by atoms with Crippen molar-refractivity contribution in [3.05, 3.63) is 52.3 Å². The lowest BCUT2D eigenvalue weighted by Crippen LogP contribution is -2.11. The van der Waals surface area contributed by atoms with Gasteiger partial charge in [-0.3, -0.25) is 9.59 Å². The molecule has 3 N–H and O–H groups in total. The highest BCUT2D eigenvalue weighted by Crippen LogP contribution is 2.35. The largest absolute Gasteiger partial charge is 0.494 e. The molecule has 148 valence electrons. The number of aromatic nitrogens is 3. The van der Waals surface area contributed by atoms with Crippen molar-refractivity contribution >= 4 is 39.9 Å². The van der Waals surface area contributed by atoms with Gasteiger partial charge < -0.3 is 24.9 Å². The lowest BCUT2D eigenvalue weighted by molar-refractivity contribution is 0.0995. The Balaban J connectivity index is 1.77. The Hall–Kier alpha value is -3.59. The number of hydrogen-bond donors (Lipinski definition) is 2. The number of aryl methyl sites for hydroxylation is 2. The van der Waals surface area contributed by atoms with Crippen LogP contribution < -0.4 is 15.8 Å². The van der Waals surface area contributed by atoms with E-state index in [0.717, 1.165) is 5.52 Å². The van der Waals surface area contributed by atoms with Crippen molar-refractivity contribution in [2.75, 3.05) is 12.4 Å². The number of benzene rings is 1. The molecule has 0 saturated heterocycles. The van der Waals surface area contributed by atoms with Crippen LogP contribution in [0.1, 0.15) is 20.0 Å². The number of amides is 2. The van der Waals surface area contributed by atoms with Crippen LogP contribution in [0.5, 0.6) is 5.75 Å². The number of imidazole rings is 1. The summed E-state index contributed by atoms with van der Waals surface area (Å²) in [6.07, 6.45) is 1.63. The number of primary amides is 1. The molecule has 1 aromatic carbocycles. The van der Waals surface area contributed by atoms with E-state index in [1.54, 1.807) is 23.9 Å². The Labute approximate surface area is 170 Å². The third-order valence-electron chi connectivity index (χ3n) is 4.70. The van der Waals surface area contributed by atoms with Crippen molar-refractivity contribution in [1.29, 1.82) is 0 Å². The van der Waals surface area contributed by atoms with Gasteiger partial charge in [0, 0.05) is 26.0 Å². The molecular formula is C20H19N5O3S. The molecule has 3 heterocycles. The molecule has 8 nitrogen and oxygen atoms in total. The van der Waals surface area contributed by atoms with Crippen molar-refractivity contribution < 1.29 is 14.3 Å². The number of rotatable bonds is 5. The minimum Gasteiger partial charge on any atom is -0.494 e. The number of carbonyl (C=O) groups is 2. The van der Waals surface area contributed by atoms with Crippen LogP contribution in [0, 0.1) is 0 Å². The SMILES string of the molecule is COc1c(C(N)=O)cn(C)c1-c1nc2cc(NC(=O)c3cccs3)ccc2n1C. The van der Waals surface area contributed by atoms with Crippen LogP contribution in [-0.4, -0.2) is 33.0 Å². The van der Waals surface area contributed by atoms with Gasteiger partial charge in [0.1, 0.15) is 5.69 Å². The number of methoxy groups -OCH3 is 1. The first kappa shape index (κ1) is 18.8. The van der Waals surface area contributed by atoms with E-state index in [9.17, 15) is 9.59 Å². The molecular weight excluding hydrogens is 390 g/mol. The number of hydrogen-bond acceptors (Lipinski definition) is 5. The van der Waals surface area contributed by atoms with Crippen LogP contribution in [0.25, 0.3) is 22.6 Å². The number of nitrogens with two attached hydrogens (primary N) is 1. The van der Waals surface area contributed by atoms with Gasteiger partial charge in [0.25, 0.3) is 11.8 Å². The molecule has 29 heavy (non-hydrogen) atoms. The van der Waals surface area contributed by atoms with Crippen molar-refractivity contribution in [3.8, 4) is 17.3 Å². The van der Waals surface area contributed by atoms with E-state index in [1.165, 1.54) is 18.4 Å². The summed E-state index contributed by atoms with van der Waals surface area (Å²) in [6.45, 7) is 0. The molecule has 0 atom stereocenters. The van der Waals surface area contributed by atoms with E-state index in [1.807, 2.05) is 41.3 Å². The molecule has 0 radical (unpaired) electrons. The minimum absolute atomic E-state index is 0.161. The summed E-state index contributed by atoms with van der Waals surface area (Å²) in [6, 6.07) is 9.14. The smallest absolute Gasteiger partial charge is 0.265 e. The van der Waals surface area contributed by atoms with Gasteiger partial charge in [-0.2, -0.15) is 0 Å². The number of anilines is 1. The number of nitrogens with one attached hydrogen (secondary N) is 1. The maximum absolute atomic E-state index is 12.3. The van der Waals surface area contributed by atoms with Crippen molar-refractivity contribution in [2.45, 2.75) is 0 Å². The molecule has 2 amide bonds. The van der Waals surface area contributed by atoms with Gasteiger partial charge in [-0.15, -0.1) is 11.3 Å². The summed E-state index contributed by atoms with van der Waals surface area (Å²) in [5.74, 6) is 0.268. The van der Waals surface area contributed by atoms with Gasteiger partial charge in [0.15, 0.2) is 11.6 Å². The second-order valence-electron chi connectivity index (χ2n) is 6.53. The summed E-state index contributed by atoms with van der Waals surface area (Å²) in [5.41, 5.74) is 8.63. The molecule has 4 rings (SSSR count). The molecule has 3 aromatic heterocycles. The number of nitrogens with zero attached hydrogens (tertiary/aromatic N) is 3. The van der Waals surface area contributed by atoms with Gasteiger partial charge in [-0.25, -0.2) is 4.98 Å². The van der Waals surface area contributed by atoms with Crippen LogP contribution in [0.3, 0.4) is 0 Å². The molecule has 0 saturated carbocycles. The monoisotopic (exact) mass is 409 g/mol. The topological polar surface area (TPSA) is 104 Å². The van der Waals surface area contributed by atoms with E-state index in [4.69, 9.17) is 15.5 Å². The Kier molecular flexibility index (Phi) is 4.59. The summed E-state index contributed by atoms with van der Waals surface area (Å²) in [5, 5.41) is 4.75. The first-order valence-electron chi connectivity index (χ1n) is 8.75. The third kappa shape index (κ3) is 3.15. The van der Waals surface area contributed by atoms with Crippen LogP contribution in [0.15, 0.2) is 41.9 Å². The van der Waals surface area contributed by atoms with E-state index in [2.05, 4.69) is 5.32 Å². The first-order valence-corrected chi connectivity index (χ1v) is 9.63. The molecule has 9 heteroatoms. The van der Waals surface area contributed by atoms with E-state index in [-0.39, 0.29) is 5.91 Å². The van der Waals surface area contributed by atoms with Gasteiger partial charge in [0.2, 0.25) is 0 Å². The maximum atomic E-state index is 12.3. The lowest BCUT2D eigenvalue weighted by atomic mass is 10.2. The van der Waals surface area contributed by atoms with Gasteiger partial charge in [0.05, 0.1) is 28.6 Å².